The second-order valence-corrected chi connectivity index (χ2v) is 6.20. The lowest BCUT2D eigenvalue weighted by molar-refractivity contribution is 0.275. The lowest BCUT2D eigenvalue weighted by atomic mass is 9.81. The van der Waals surface area contributed by atoms with Gasteiger partial charge in [-0.15, -0.1) is 0 Å². The molecular formula is C18H23BN2O5. The van der Waals surface area contributed by atoms with E-state index in [1.807, 2.05) is 25.1 Å². The first kappa shape index (κ1) is 18.6. The Bertz CT molecular complexity index is 758. The van der Waals surface area contributed by atoms with Crippen LogP contribution in [0.15, 0.2) is 24.3 Å². The minimum atomic E-state index is -0.772. The molecule has 1 aromatic heterocycles. The average molecular weight is 358 g/mol. The van der Waals surface area contributed by atoms with Crippen LogP contribution in [0.1, 0.15) is 30.7 Å². The van der Waals surface area contributed by atoms with E-state index in [2.05, 4.69) is 9.97 Å². The van der Waals surface area contributed by atoms with Gasteiger partial charge in [0, 0.05) is 23.8 Å². The summed E-state index contributed by atoms with van der Waals surface area (Å²) in [7, 11) is 0.825. The molecule has 138 valence electrons. The summed E-state index contributed by atoms with van der Waals surface area (Å²) in [5.41, 5.74) is 2.05. The maximum Gasteiger partial charge on any atom is 0.454 e. The second kappa shape index (κ2) is 8.48. The molecule has 8 heteroatoms. The zero-order valence-corrected chi connectivity index (χ0v) is 15.0. The van der Waals surface area contributed by atoms with Crippen molar-refractivity contribution < 1.29 is 24.3 Å². The minimum Gasteiger partial charge on any atom is -0.493 e. The van der Waals surface area contributed by atoms with Crippen LogP contribution in [0.2, 0.25) is 6.32 Å². The van der Waals surface area contributed by atoms with Gasteiger partial charge in [0.25, 0.3) is 0 Å². The first-order valence-corrected chi connectivity index (χ1v) is 8.74. The zero-order valence-electron chi connectivity index (χ0n) is 15.0. The van der Waals surface area contributed by atoms with Crippen LogP contribution in [-0.4, -0.2) is 47.5 Å². The smallest absolute Gasteiger partial charge is 0.454 e. The number of benzene rings is 1. The van der Waals surface area contributed by atoms with Crippen molar-refractivity contribution in [2.45, 2.75) is 32.2 Å². The van der Waals surface area contributed by atoms with Gasteiger partial charge in [0.1, 0.15) is 0 Å². The molecule has 1 atom stereocenters. The number of hydrogen-bond acceptors (Lipinski definition) is 7. The molecule has 0 amide bonds. The Morgan fingerprint density at radius 3 is 2.77 bits per heavy atom. The molecule has 2 heterocycles. The van der Waals surface area contributed by atoms with E-state index < -0.39 is 7.12 Å². The Morgan fingerprint density at radius 2 is 2.12 bits per heavy atom. The van der Waals surface area contributed by atoms with Crippen LogP contribution in [0, 0.1) is 0 Å². The molecule has 1 aliphatic heterocycles. The molecule has 0 bridgehead atoms. The quantitative estimate of drug-likeness (QED) is 0.732. The fourth-order valence-electron chi connectivity index (χ4n) is 2.89. The van der Waals surface area contributed by atoms with Crippen molar-refractivity contribution in [3.8, 4) is 22.9 Å². The van der Waals surface area contributed by atoms with E-state index in [1.165, 1.54) is 0 Å². The van der Waals surface area contributed by atoms with Crippen LogP contribution in [0.3, 0.4) is 0 Å². The summed E-state index contributed by atoms with van der Waals surface area (Å²) < 4.78 is 16.3. The SMILES string of the molecule is CCCOc1cc(-c2nc(CO)cc(C3COB(O)C3)n2)ccc1OC. The molecule has 0 radical (unpaired) electrons. The Labute approximate surface area is 153 Å². The molecule has 2 N–H and O–H groups in total. The Morgan fingerprint density at radius 1 is 1.27 bits per heavy atom. The highest BCUT2D eigenvalue weighted by Gasteiger charge is 2.31. The molecule has 0 saturated carbocycles. The lowest BCUT2D eigenvalue weighted by Gasteiger charge is -2.14. The summed E-state index contributed by atoms with van der Waals surface area (Å²) in [5, 5.41) is 19.2. The van der Waals surface area contributed by atoms with Crippen LogP contribution in [-0.2, 0) is 11.3 Å². The van der Waals surface area contributed by atoms with Crippen LogP contribution in [0.4, 0.5) is 0 Å². The maximum absolute atomic E-state index is 9.60. The predicted octanol–water partition coefficient (Wildman–Crippen LogP) is 2.03. The molecule has 26 heavy (non-hydrogen) atoms. The minimum absolute atomic E-state index is 0.0221. The fourth-order valence-corrected chi connectivity index (χ4v) is 2.89. The van der Waals surface area contributed by atoms with E-state index in [0.717, 1.165) is 17.7 Å². The summed E-state index contributed by atoms with van der Waals surface area (Å²) in [6, 6.07) is 7.28. The zero-order chi connectivity index (χ0) is 18.5. The van der Waals surface area contributed by atoms with Crippen molar-refractivity contribution >= 4 is 7.12 Å². The summed E-state index contributed by atoms with van der Waals surface area (Å²) in [4.78, 5) is 9.06. The van der Waals surface area contributed by atoms with Gasteiger partial charge in [-0.3, -0.25) is 0 Å². The van der Waals surface area contributed by atoms with Crippen LogP contribution >= 0.6 is 0 Å². The van der Waals surface area contributed by atoms with Gasteiger partial charge in [0.15, 0.2) is 17.3 Å². The average Bonchev–Trinajstić information content (AvgIpc) is 3.12. The molecule has 7 nitrogen and oxygen atoms in total. The number of aromatic nitrogens is 2. The number of nitrogens with zero attached hydrogens (tertiary/aromatic N) is 2. The third-order valence-electron chi connectivity index (χ3n) is 4.24. The van der Waals surface area contributed by atoms with E-state index in [0.29, 0.717) is 42.6 Å². The molecule has 2 aromatic rings. The van der Waals surface area contributed by atoms with Gasteiger partial charge in [-0.1, -0.05) is 6.92 Å². The third-order valence-corrected chi connectivity index (χ3v) is 4.24. The largest absolute Gasteiger partial charge is 0.493 e. The van der Waals surface area contributed by atoms with E-state index >= 15 is 0 Å². The van der Waals surface area contributed by atoms with Gasteiger partial charge in [-0.25, -0.2) is 9.97 Å². The van der Waals surface area contributed by atoms with Gasteiger partial charge < -0.3 is 24.3 Å². The van der Waals surface area contributed by atoms with E-state index in [1.54, 1.807) is 13.2 Å². The van der Waals surface area contributed by atoms with E-state index in [9.17, 15) is 10.1 Å². The summed E-state index contributed by atoms with van der Waals surface area (Å²) in [6.45, 7) is 2.83. The van der Waals surface area contributed by atoms with Crippen molar-refractivity contribution in [1.82, 2.24) is 9.97 Å². The number of aliphatic hydroxyl groups is 1. The number of rotatable bonds is 7. The third kappa shape index (κ3) is 4.15. The van der Waals surface area contributed by atoms with Crippen molar-refractivity contribution in [2.75, 3.05) is 20.3 Å². The van der Waals surface area contributed by atoms with Gasteiger partial charge in [-0.05, 0) is 37.0 Å². The highest BCUT2D eigenvalue weighted by molar-refractivity contribution is 6.43. The Hall–Kier alpha value is -2.16. The van der Waals surface area contributed by atoms with E-state index in [-0.39, 0.29) is 12.5 Å². The van der Waals surface area contributed by atoms with Crippen molar-refractivity contribution in [1.29, 1.82) is 0 Å². The Kier molecular flexibility index (Phi) is 6.08. The van der Waals surface area contributed by atoms with Crippen LogP contribution in [0.25, 0.3) is 11.4 Å². The summed E-state index contributed by atoms with van der Waals surface area (Å²) in [6.07, 6.45) is 1.37. The molecule has 1 aromatic carbocycles. The molecule has 1 fully saturated rings. The number of hydrogen-bond donors (Lipinski definition) is 2. The van der Waals surface area contributed by atoms with Gasteiger partial charge in [0.05, 0.1) is 26.0 Å². The van der Waals surface area contributed by atoms with Crippen molar-refractivity contribution in [3.05, 3.63) is 35.7 Å². The first-order valence-electron chi connectivity index (χ1n) is 8.74. The van der Waals surface area contributed by atoms with Crippen LogP contribution in [0.5, 0.6) is 11.5 Å². The highest BCUT2D eigenvalue weighted by Crippen LogP contribution is 2.33. The fraction of sp³-hybridized carbons (Fsp3) is 0.444. The topological polar surface area (TPSA) is 93.9 Å². The number of ether oxygens (including phenoxy) is 2. The van der Waals surface area contributed by atoms with Crippen LogP contribution < -0.4 is 9.47 Å². The molecule has 0 spiro atoms. The maximum atomic E-state index is 9.60. The van der Waals surface area contributed by atoms with E-state index in [4.69, 9.17) is 14.1 Å². The first-order chi connectivity index (χ1) is 12.6. The van der Waals surface area contributed by atoms with Crippen molar-refractivity contribution in [2.24, 2.45) is 0 Å². The standard InChI is InChI=1S/C18H23BN2O5/c1-3-6-25-17-7-12(4-5-16(17)24-2)18-20-14(10-22)8-15(21-18)13-9-19(23)26-11-13/h4-5,7-8,13,22-23H,3,6,9-11H2,1-2H3. The highest BCUT2D eigenvalue weighted by atomic mass is 16.5. The lowest BCUT2D eigenvalue weighted by Crippen LogP contribution is -2.08. The van der Waals surface area contributed by atoms with Gasteiger partial charge in [0.2, 0.25) is 0 Å². The Balaban J connectivity index is 1.97. The number of methoxy groups -OCH3 is 1. The summed E-state index contributed by atoms with van der Waals surface area (Å²) in [5.74, 6) is 1.75. The number of aliphatic hydroxyl groups excluding tert-OH is 1. The second-order valence-electron chi connectivity index (χ2n) is 6.20. The molecule has 3 rings (SSSR count). The molecule has 1 saturated heterocycles. The molecular weight excluding hydrogens is 335 g/mol. The molecule has 1 aliphatic rings. The normalized spacial score (nSPS) is 16.8. The molecule has 1 unspecified atom stereocenters. The molecule has 0 aliphatic carbocycles. The van der Waals surface area contributed by atoms with Gasteiger partial charge >= 0.3 is 7.12 Å². The predicted molar refractivity (Wildman–Crippen MR) is 97.2 cm³/mol. The summed E-state index contributed by atoms with van der Waals surface area (Å²) >= 11 is 0. The van der Waals surface area contributed by atoms with Crippen molar-refractivity contribution in [3.63, 3.8) is 0 Å². The monoisotopic (exact) mass is 358 g/mol. The van der Waals surface area contributed by atoms with Gasteiger partial charge in [-0.2, -0.15) is 0 Å².